The molecule has 0 bridgehead atoms. The van der Waals surface area contributed by atoms with E-state index in [1.54, 1.807) is 0 Å². The van der Waals surface area contributed by atoms with Crippen LogP contribution in [0.4, 0.5) is 4.39 Å². The van der Waals surface area contributed by atoms with Crippen molar-refractivity contribution >= 4 is 11.6 Å². The highest BCUT2D eigenvalue weighted by Gasteiger charge is 2.03. The van der Waals surface area contributed by atoms with Crippen molar-refractivity contribution in [2.45, 2.75) is 20.0 Å². The second-order valence-corrected chi connectivity index (χ2v) is 4.43. The molecular weight excluding hydrogens is 251 g/mol. The second-order valence-electron chi connectivity index (χ2n) is 4.02. The number of rotatable bonds is 4. The lowest BCUT2D eigenvalue weighted by Crippen LogP contribution is -1.97. The van der Waals surface area contributed by atoms with E-state index in [-0.39, 0.29) is 12.4 Å². The Morgan fingerprint density at radius 3 is 2.50 bits per heavy atom. The Bertz CT molecular complexity index is 523. The zero-order chi connectivity index (χ0) is 13.0. The average Bonchev–Trinajstić information content (AvgIpc) is 2.40. The summed E-state index contributed by atoms with van der Waals surface area (Å²) >= 11 is 5.96. The van der Waals surface area contributed by atoms with Crippen LogP contribution in [-0.2, 0) is 13.0 Å². The highest BCUT2D eigenvalue weighted by Crippen LogP contribution is 2.20. The van der Waals surface area contributed by atoms with Crippen LogP contribution in [0.1, 0.15) is 18.1 Å². The number of aryl methyl sites for hydroxylation is 1. The molecule has 0 aliphatic heterocycles. The summed E-state index contributed by atoms with van der Waals surface area (Å²) in [6, 6.07) is 12.1. The summed E-state index contributed by atoms with van der Waals surface area (Å²) in [6.45, 7) is 2.37. The molecule has 2 aromatic carbocycles. The van der Waals surface area contributed by atoms with Crippen LogP contribution in [0, 0.1) is 5.82 Å². The van der Waals surface area contributed by atoms with Crippen molar-refractivity contribution in [3.63, 3.8) is 0 Å². The van der Waals surface area contributed by atoms with Gasteiger partial charge in [0, 0.05) is 10.6 Å². The first kappa shape index (κ1) is 12.9. The molecule has 0 fully saturated rings. The minimum absolute atomic E-state index is 0.266. The molecule has 2 aromatic rings. The lowest BCUT2D eigenvalue weighted by molar-refractivity contribution is 0.305. The van der Waals surface area contributed by atoms with Gasteiger partial charge in [0.2, 0.25) is 0 Å². The fraction of sp³-hybridized carbons (Fsp3) is 0.200. The molecule has 3 heteroatoms. The highest BCUT2D eigenvalue weighted by molar-refractivity contribution is 6.31. The molecule has 18 heavy (non-hydrogen) atoms. The Hall–Kier alpha value is -1.54. The molecule has 2 rings (SSSR count). The van der Waals surface area contributed by atoms with Gasteiger partial charge in [-0.1, -0.05) is 30.7 Å². The molecule has 0 aliphatic rings. The predicted octanol–water partition coefficient (Wildman–Crippen LogP) is 4.62. The van der Waals surface area contributed by atoms with E-state index in [0.29, 0.717) is 10.6 Å². The van der Waals surface area contributed by atoms with Crippen LogP contribution in [0.15, 0.2) is 42.5 Å². The van der Waals surface area contributed by atoms with Crippen LogP contribution in [-0.4, -0.2) is 0 Å². The van der Waals surface area contributed by atoms with E-state index in [4.69, 9.17) is 16.3 Å². The van der Waals surface area contributed by atoms with Crippen LogP contribution >= 0.6 is 11.6 Å². The standard InChI is InChI=1S/C15H14ClFO/c1-2-11-3-6-14(7-4-11)18-10-12-9-13(17)5-8-15(12)16/h3-9H,2,10H2,1H3. The molecule has 0 aromatic heterocycles. The van der Waals surface area contributed by atoms with Crippen LogP contribution in [0.2, 0.25) is 5.02 Å². The Morgan fingerprint density at radius 2 is 1.83 bits per heavy atom. The van der Waals surface area contributed by atoms with Gasteiger partial charge in [0.1, 0.15) is 18.2 Å². The zero-order valence-electron chi connectivity index (χ0n) is 10.1. The molecule has 0 amide bonds. The minimum atomic E-state index is -0.306. The predicted molar refractivity (Wildman–Crippen MR) is 71.6 cm³/mol. The smallest absolute Gasteiger partial charge is 0.123 e. The number of ether oxygens (including phenoxy) is 1. The minimum Gasteiger partial charge on any atom is -0.489 e. The first-order valence-corrected chi connectivity index (χ1v) is 6.22. The number of hydrogen-bond acceptors (Lipinski definition) is 1. The molecule has 0 saturated heterocycles. The van der Waals surface area contributed by atoms with Crippen molar-refractivity contribution in [1.29, 1.82) is 0 Å². The Kier molecular flexibility index (Phi) is 4.21. The molecule has 0 radical (unpaired) electrons. The van der Waals surface area contributed by atoms with Gasteiger partial charge in [-0.05, 0) is 42.3 Å². The Morgan fingerprint density at radius 1 is 1.11 bits per heavy atom. The largest absolute Gasteiger partial charge is 0.489 e. The summed E-state index contributed by atoms with van der Waals surface area (Å²) in [5.41, 5.74) is 1.90. The van der Waals surface area contributed by atoms with Crippen molar-refractivity contribution in [2.24, 2.45) is 0 Å². The monoisotopic (exact) mass is 264 g/mol. The molecule has 0 unspecified atom stereocenters. The number of hydrogen-bond donors (Lipinski definition) is 0. The molecule has 0 saturated carbocycles. The maximum atomic E-state index is 13.1. The molecule has 94 valence electrons. The summed E-state index contributed by atoms with van der Waals surface area (Å²) < 4.78 is 18.6. The first-order chi connectivity index (χ1) is 8.69. The Labute approximate surface area is 111 Å². The third-order valence-electron chi connectivity index (χ3n) is 2.73. The maximum absolute atomic E-state index is 13.1. The topological polar surface area (TPSA) is 9.23 Å². The Balaban J connectivity index is 2.04. The van der Waals surface area contributed by atoms with E-state index in [2.05, 4.69) is 6.92 Å². The third-order valence-corrected chi connectivity index (χ3v) is 3.10. The van der Waals surface area contributed by atoms with Crippen molar-refractivity contribution in [2.75, 3.05) is 0 Å². The fourth-order valence-corrected chi connectivity index (χ4v) is 1.81. The van der Waals surface area contributed by atoms with Gasteiger partial charge in [0.25, 0.3) is 0 Å². The van der Waals surface area contributed by atoms with E-state index >= 15 is 0 Å². The van der Waals surface area contributed by atoms with Crippen molar-refractivity contribution < 1.29 is 9.13 Å². The maximum Gasteiger partial charge on any atom is 0.123 e. The van der Waals surface area contributed by atoms with Crippen LogP contribution < -0.4 is 4.74 Å². The van der Waals surface area contributed by atoms with Gasteiger partial charge in [-0.2, -0.15) is 0 Å². The quantitative estimate of drug-likeness (QED) is 0.783. The summed E-state index contributed by atoms with van der Waals surface area (Å²) in [5, 5.41) is 0.515. The summed E-state index contributed by atoms with van der Waals surface area (Å²) in [5.74, 6) is 0.451. The van der Waals surface area contributed by atoms with Gasteiger partial charge in [0.05, 0.1) is 0 Å². The van der Waals surface area contributed by atoms with Gasteiger partial charge in [-0.25, -0.2) is 4.39 Å². The van der Waals surface area contributed by atoms with Crippen LogP contribution in [0.3, 0.4) is 0 Å². The lowest BCUT2D eigenvalue weighted by Gasteiger charge is -2.08. The van der Waals surface area contributed by atoms with Gasteiger partial charge >= 0.3 is 0 Å². The van der Waals surface area contributed by atoms with Crippen molar-refractivity contribution in [1.82, 2.24) is 0 Å². The summed E-state index contributed by atoms with van der Waals surface area (Å²) in [7, 11) is 0. The summed E-state index contributed by atoms with van der Waals surface area (Å²) in [6.07, 6.45) is 0.996. The molecular formula is C15H14ClFO. The number of benzene rings is 2. The first-order valence-electron chi connectivity index (χ1n) is 5.84. The molecule has 0 atom stereocenters. The van der Waals surface area contributed by atoms with Gasteiger partial charge in [0.15, 0.2) is 0 Å². The fourth-order valence-electron chi connectivity index (χ4n) is 1.64. The lowest BCUT2D eigenvalue weighted by atomic mass is 10.2. The molecule has 0 N–H and O–H groups in total. The SMILES string of the molecule is CCc1ccc(OCc2cc(F)ccc2Cl)cc1. The molecule has 1 nitrogen and oxygen atoms in total. The van der Waals surface area contributed by atoms with E-state index < -0.39 is 0 Å². The van der Waals surface area contributed by atoms with E-state index in [1.807, 2.05) is 24.3 Å². The van der Waals surface area contributed by atoms with Gasteiger partial charge in [-0.3, -0.25) is 0 Å². The van der Waals surface area contributed by atoms with Crippen LogP contribution in [0.25, 0.3) is 0 Å². The average molecular weight is 265 g/mol. The molecule has 0 aliphatic carbocycles. The van der Waals surface area contributed by atoms with Crippen LogP contribution in [0.5, 0.6) is 5.75 Å². The van der Waals surface area contributed by atoms with E-state index in [0.717, 1.165) is 12.2 Å². The third kappa shape index (κ3) is 3.23. The highest BCUT2D eigenvalue weighted by atomic mass is 35.5. The normalized spacial score (nSPS) is 10.4. The van der Waals surface area contributed by atoms with E-state index in [9.17, 15) is 4.39 Å². The van der Waals surface area contributed by atoms with Crippen molar-refractivity contribution in [3.8, 4) is 5.75 Å². The molecule has 0 heterocycles. The van der Waals surface area contributed by atoms with E-state index in [1.165, 1.54) is 23.8 Å². The number of halogens is 2. The second kappa shape index (κ2) is 5.87. The molecule has 0 spiro atoms. The zero-order valence-corrected chi connectivity index (χ0v) is 10.9. The van der Waals surface area contributed by atoms with Crippen molar-refractivity contribution in [3.05, 3.63) is 64.4 Å². The van der Waals surface area contributed by atoms with Gasteiger partial charge < -0.3 is 4.74 Å². The summed E-state index contributed by atoms with van der Waals surface area (Å²) in [4.78, 5) is 0. The van der Waals surface area contributed by atoms with Gasteiger partial charge in [-0.15, -0.1) is 0 Å².